The van der Waals surface area contributed by atoms with Gasteiger partial charge in [-0.1, -0.05) is 0 Å². The maximum atomic E-state index is 13.2. The van der Waals surface area contributed by atoms with E-state index in [1.165, 1.54) is 17.0 Å². The summed E-state index contributed by atoms with van der Waals surface area (Å²) in [6.45, 7) is 0.943. The van der Waals surface area contributed by atoms with Gasteiger partial charge in [-0.2, -0.15) is 5.10 Å². The van der Waals surface area contributed by atoms with Crippen molar-refractivity contribution in [3.8, 4) is 0 Å². The highest BCUT2D eigenvalue weighted by Crippen LogP contribution is 2.28. The van der Waals surface area contributed by atoms with Crippen molar-refractivity contribution < 1.29 is 14.3 Å². The van der Waals surface area contributed by atoms with Crippen LogP contribution in [0, 0.1) is 9.52 Å². The van der Waals surface area contributed by atoms with Gasteiger partial charge in [-0.15, -0.1) is 0 Å². The molecular formula is C12H11FIN3O2. The fourth-order valence-electron chi connectivity index (χ4n) is 2.47. The van der Waals surface area contributed by atoms with Gasteiger partial charge in [-0.3, -0.25) is 4.68 Å². The molecule has 7 heteroatoms. The molecule has 100 valence electrons. The lowest BCUT2D eigenvalue weighted by Gasteiger charge is -2.13. The van der Waals surface area contributed by atoms with Crippen molar-refractivity contribution in [1.82, 2.24) is 14.7 Å². The second kappa shape index (κ2) is 4.62. The van der Waals surface area contributed by atoms with Crippen molar-refractivity contribution in [2.75, 3.05) is 13.1 Å². The van der Waals surface area contributed by atoms with Crippen molar-refractivity contribution >= 4 is 39.6 Å². The molecule has 1 aromatic heterocycles. The Bertz CT molecular complexity index is 658. The van der Waals surface area contributed by atoms with E-state index in [0.29, 0.717) is 13.1 Å². The first-order valence-corrected chi connectivity index (χ1v) is 6.95. The molecule has 1 amide bonds. The van der Waals surface area contributed by atoms with Crippen molar-refractivity contribution in [3.63, 3.8) is 0 Å². The fourth-order valence-corrected chi connectivity index (χ4v) is 3.13. The third-order valence-corrected chi connectivity index (χ3v) is 4.20. The minimum absolute atomic E-state index is 0.0209. The Kier molecular flexibility index (Phi) is 3.08. The lowest BCUT2D eigenvalue weighted by Crippen LogP contribution is -2.27. The predicted molar refractivity (Wildman–Crippen MR) is 75.7 cm³/mol. The number of halogens is 2. The topological polar surface area (TPSA) is 58.4 Å². The minimum atomic E-state index is -0.903. The predicted octanol–water partition coefficient (Wildman–Crippen LogP) is 2.70. The first kappa shape index (κ1) is 12.6. The van der Waals surface area contributed by atoms with Crippen LogP contribution in [0.3, 0.4) is 0 Å². The van der Waals surface area contributed by atoms with Crippen LogP contribution in [0.4, 0.5) is 9.18 Å². The Morgan fingerprint density at radius 2 is 2.32 bits per heavy atom. The summed E-state index contributed by atoms with van der Waals surface area (Å²) in [4.78, 5) is 12.3. The van der Waals surface area contributed by atoms with E-state index in [2.05, 4.69) is 27.7 Å². The summed E-state index contributed by atoms with van der Waals surface area (Å²) in [5.41, 5.74) is 0.850. The van der Waals surface area contributed by atoms with Gasteiger partial charge in [0.15, 0.2) is 0 Å². The number of nitrogens with zero attached hydrogens (tertiary/aromatic N) is 3. The summed E-state index contributed by atoms with van der Waals surface area (Å²) >= 11 is 2.07. The third kappa shape index (κ3) is 2.15. The van der Waals surface area contributed by atoms with Crippen LogP contribution in [0.15, 0.2) is 18.2 Å². The average molecular weight is 375 g/mol. The van der Waals surface area contributed by atoms with Crippen LogP contribution in [0.5, 0.6) is 0 Å². The molecule has 0 saturated carbocycles. The lowest BCUT2D eigenvalue weighted by molar-refractivity contribution is 0.154. The summed E-state index contributed by atoms with van der Waals surface area (Å²) < 4.78 is 15.8. The molecule has 0 spiro atoms. The third-order valence-electron chi connectivity index (χ3n) is 3.40. The summed E-state index contributed by atoms with van der Waals surface area (Å²) in [6, 6.07) is 4.58. The highest BCUT2D eigenvalue weighted by Gasteiger charge is 2.29. The largest absolute Gasteiger partial charge is 0.465 e. The molecule has 2 heterocycles. The number of likely N-dealkylation sites (tertiary alicyclic amines) is 1. The number of carbonyl (C=O) groups is 1. The quantitative estimate of drug-likeness (QED) is 0.780. The van der Waals surface area contributed by atoms with Crippen molar-refractivity contribution in [3.05, 3.63) is 27.7 Å². The van der Waals surface area contributed by atoms with E-state index >= 15 is 0 Å². The number of carboxylic acid groups (broad SMARTS) is 1. The van der Waals surface area contributed by atoms with Crippen LogP contribution in [0.25, 0.3) is 10.9 Å². The molecule has 1 aromatic carbocycles. The van der Waals surface area contributed by atoms with Crippen LogP contribution >= 0.6 is 22.6 Å². The van der Waals surface area contributed by atoms with Crippen molar-refractivity contribution in [1.29, 1.82) is 0 Å². The minimum Gasteiger partial charge on any atom is -0.465 e. The SMILES string of the molecule is O=C(O)N1CC[C@H](n2nc(I)c3cc(F)ccc32)C1. The fraction of sp³-hybridized carbons (Fsp3) is 0.333. The van der Waals surface area contributed by atoms with E-state index in [9.17, 15) is 9.18 Å². The zero-order valence-electron chi connectivity index (χ0n) is 9.88. The molecule has 1 N–H and O–H groups in total. The van der Waals surface area contributed by atoms with Gasteiger partial charge in [0.1, 0.15) is 9.52 Å². The van der Waals surface area contributed by atoms with Gasteiger partial charge < -0.3 is 10.0 Å². The molecule has 19 heavy (non-hydrogen) atoms. The number of hydrogen-bond acceptors (Lipinski definition) is 2. The van der Waals surface area contributed by atoms with E-state index in [1.807, 2.05) is 4.68 Å². The number of benzene rings is 1. The number of hydrogen-bond donors (Lipinski definition) is 1. The van der Waals surface area contributed by atoms with Crippen LogP contribution in [0.1, 0.15) is 12.5 Å². The molecule has 1 aliphatic rings. The molecule has 0 unspecified atom stereocenters. The van der Waals surface area contributed by atoms with Gasteiger partial charge in [0.2, 0.25) is 0 Å². The molecule has 1 saturated heterocycles. The van der Waals surface area contributed by atoms with Gasteiger partial charge in [-0.05, 0) is 47.2 Å². The van der Waals surface area contributed by atoms with Crippen LogP contribution in [-0.4, -0.2) is 39.0 Å². The van der Waals surface area contributed by atoms with E-state index in [4.69, 9.17) is 5.11 Å². The molecule has 2 aromatic rings. The average Bonchev–Trinajstić information content (AvgIpc) is 2.95. The normalized spacial score (nSPS) is 19.3. The Hall–Kier alpha value is -1.38. The van der Waals surface area contributed by atoms with Crippen molar-refractivity contribution in [2.45, 2.75) is 12.5 Å². The molecule has 0 aliphatic carbocycles. The first-order valence-electron chi connectivity index (χ1n) is 5.87. The highest BCUT2D eigenvalue weighted by molar-refractivity contribution is 14.1. The molecule has 0 radical (unpaired) electrons. The zero-order chi connectivity index (χ0) is 13.6. The standard InChI is InChI=1S/C12H11FIN3O2/c13-7-1-2-10-9(5-7)11(14)15-17(10)8-3-4-16(6-8)12(18)19/h1-2,5,8H,3-4,6H2,(H,18,19)/t8-/m0/s1. The number of amides is 1. The smallest absolute Gasteiger partial charge is 0.407 e. The lowest BCUT2D eigenvalue weighted by atomic mass is 10.2. The van der Waals surface area contributed by atoms with Crippen LogP contribution in [0.2, 0.25) is 0 Å². The van der Waals surface area contributed by atoms with Gasteiger partial charge in [0, 0.05) is 18.5 Å². The maximum Gasteiger partial charge on any atom is 0.407 e. The van der Waals surface area contributed by atoms with E-state index in [-0.39, 0.29) is 11.9 Å². The summed E-state index contributed by atoms with van der Waals surface area (Å²) in [5, 5.41) is 14.2. The first-order chi connectivity index (χ1) is 9.06. The highest BCUT2D eigenvalue weighted by atomic mass is 127. The Labute approximate surface area is 122 Å². The summed E-state index contributed by atoms with van der Waals surface area (Å²) in [6.07, 6.45) is -0.170. The Balaban J connectivity index is 2.00. The Morgan fingerprint density at radius 3 is 3.00 bits per heavy atom. The zero-order valence-corrected chi connectivity index (χ0v) is 12.0. The molecular weight excluding hydrogens is 364 g/mol. The summed E-state index contributed by atoms with van der Waals surface area (Å²) in [7, 11) is 0. The second-order valence-corrected chi connectivity index (χ2v) is 5.59. The monoisotopic (exact) mass is 375 g/mol. The van der Waals surface area contributed by atoms with Gasteiger partial charge >= 0.3 is 6.09 Å². The van der Waals surface area contributed by atoms with E-state index in [1.54, 1.807) is 6.07 Å². The van der Waals surface area contributed by atoms with Crippen molar-refractivity contribution in [2.24, 2.45) is 0 Å². The molecule has 0 bridgehead atoms. The van der Waals surface area contributed by atoms with Gasteiger partial charge in [0.25, 0.3) is 0 Å². The molecule has 1 aliphatic heterocycles. The molecule has 1 fully saturated rings. The number of fused-ring (bicyclic) bond motifs is 1. The number of rotatable bonds is 1. The van der Waals surface area contributed by atoms with Gasteiger partial charge in [0.05, 0.1) is 11.6 Å². The van der Waals surface area contributed by atoms with Gasteiger partial charge in [-0.25, -0.2) is 9.18 Å². The van der Waals surface area contributed by atoms with E-state index < -0.39 is 6.09 Å². The summed E-state index contributed by atoms with van der Waals surface area (Å²) in [5.74, 6) is -0.288. The Morgan fingerprint density at radius 1 is 1.53 bits per heavy atom. The second-order valence-electron chi connectivity index (χ2n) is 4.57. The maximum absolute atomic E-state index is 13.2. The van der Waals surface area contributed by atoms with Crippen LogP contribution < -0.4 is 0 Å². The van der Waals surface area contributed by atoms with Crippen LogP contribution in [-0.2, 0) is 0 Å². The van der Waals surface area contributed by atoms with E-state index in [0.717, 1.165) is 21.0 Å². The molecule has 1 atom stereocenters. The number of aromatic nitrogens is 2. The molecule has 3 rings (SSSR count). The molecule has 5 nitrogen and oxygen atoms in total.